The lowest BCUT2D eigenvalue weighted by atomic mass is 9.83. The highest BCUT2D eigenvalue weighted by atomic mass is 35.5. The Morgan fingerprint density at radius 3 is 2.90 bits per heavy atom. The first kappa shape index (κ1) is 15.2. The smallest absolute Gasteiger partial charge is 0.323 e. The molecule has 0 heterocycles. The summed E-state index contributed by atoms with van der Waals surface area (Å²) in [5.74, 6) is -0.0761. The number of hydrogen-bond acceptors (Lipinski definition) is 2. The number of carbonyl (C=O) groups is 1. The van der Waals surface area contributed by atoms with Gasteiger partial charge in [-0.2, -0.15) is 0 Å². The quantitative estimate of drug-likeness (QED) is 0.885. The summed E-state index contributed by atoms with van der Waals surface area (Å²) < 4.78 is 0. The normalized spacial score (nSPS) is 22.5. The van der Waals surface area contributed by atoms with Crippen molar-refractivity contribution < 1.29 is 9.90 Å². The molecule has 3 nitrogen and oxygen atoms in total. The fourth-order valence-corrected chi connectivity index (χ4v) is 3.33. The monoisotopic (exact) mass is 295 g/mol. The number of benzene rings is 1. The predicted octanol–water partition coefficient (Wildman–Crippen LogP) is 4.20. The third-order valence-corrected chi connectivity index (χ3v) is 4.45. The Bertz CT molecular complexity index is 464. The van der Waals surface area contributed by atoms with E-state index < -0.39 is 5.97 Å². The van der Waals surface area contributed by atoms with Crippen LogP contribution in [0.5, 0.6) is 0 Å². The molecule has 0 radical (unpaired) electrons. The van der Waals surface area contributed by atoms with Crippen molar-refractivity contribution in [2.75, 3.05) is 11.4 Å². The Morgan fingerprint density at radius 2 is 2.25 bits per heavy atom. The molecule has 1 aliphatic carbocycles. The van der Waals surface area contributed by atoms with Crippen molar-refractivity contribution in [1.29, 1.82) is 0 Å². The summed E-state index contributed by atoms with van der Waals surface area (Å²) in [5, 5.41) is 9.85. The highest BCUT2D eigenvalue weighted by Gasteiger charge is 2.27. The Balaban J connectivity index is 2.20. The second-order valence-electron chi connectivity index (χ2n) is 5.60. The molecule has 4 heteroatoms. The molecule has 110 valence electrons. The molecule has 1 aromatic carbocycles. The largest absolute Gasteiger partial charge is 0.480 e. The fraction of sp³-hybridized carbons (Fsp3) is 0.562. The fourth-order valence-electron chi connectivity index (χ4n) is 3.15. The molecule has 1 fully saturated rings. The maximum atomic E-state index is 11.2. The molecule has 1 saturated carbocycles. The topological polar surface area (TPSA) is 40.5 Å². The minimum absolute atomic E-state index is 0.0431. The molecule has 1 aliphatic rings. The number of nitrogens with zero attached hydrogens (tertiary/aromatic N) is 1. The first-order chi connectivity index (χ1) is 9.60. The third-order valence-electron chi connectivity index (χ3n) is 4.22. The molecule has 0 spiro atoms. The first-order valence-electron chi connectivity index (χ1n) is 7.34. The molecule has 0 aromatic heterocycles. The summed E-state index contributed by atoms with van der Waals surface area (Å²) in [5.41, 5.74) is 0.918. The van der Waals surface area contributed by atoms with Crippen LogP contribution in [-0.4, -0.2) is 23.7 Å². The molecule has 2 rings (SSSR count). The van der Waals surface area contributed by atoms with Gasteiger partial charge in [-0.15, -0.1) is 0 Å². The van der Waals surface area contributed by atoms with Crippen molar-refractivity contribution in [2.45, 2.75) is 45.1 Å². The van der Waals surface area contributed by atoms with Gasteiger partial charge in [0.05, 0.1) is 0 Å². The van der Waals surface area contributed by atoms with Crippen molar-refractivity contribution in [3.8, 4) is 0 Å². The zero-order chi connectivity index (χ0) is 14.5. The van der Waals surface area contributed by atoms with Crippen molar-refractivity contribution in [3.05, 3.63) is 29.3 Å². The summed E-state index contributed by atoms with van der Waals surface area (Å²) in [6.45, 7) is 2.26. The zero-order valence-electron chi connectivity index (χ0n) is 11.9. The Morgan fingerprint density at radius 1 is 1.45 bits per heavy atom. The van der Waals surface area contributed by atoms with E-state index in [0.29, 0.717) is 17.0 Å². The second kappa shape index (κ2) is 6.98. The van der Waals surface area contributed by atoms with Gasteiger partial charge in [0, 0.05) is 16.8 Å². The lowest BCUT2D eigenvalue weighted by Crippen LogP contribution is -2.42. The van der Waals surface area contributed by atoms with Gasteiger partial charge in [-0.05, 0) is 37.0 Å². The maximum absolute atomic E-state index is 11.2. The zero-order valence-corrected chi connectivity index (χ0v) is 12.6. The molecule has 0 bridgehead atoms. The second-order valence-corrected chi connectivity index (χ2v) is 6.03. The molecule has 2 atom stereocenters. The van der Waals surface area contributed by atoms with Crippen LogP contribution in [0.25, 0.3) is 0 Å². The lowest BCUT2D eigenvalue weighted by Gasteiger charge is -2.38. The van der Waals surface area contributed by atoms with E-state index in [1.54, 1.807) is 0 Å². The van der Waals surface area contributed by atoms with E-state index in [9.17, 15) is 9.90 Å². The molecule has 2 unspecified atom stereocenters. The Hall–Kier alpha value is -1.22. The number of rotatable bonds is 5. The van der Waals surface area contributed by atoms with Crippen LogP contribution in [0.4, 0.5) is 5.69 Å². The van der Waals surface area contributed by atoms with Crippen molar-refractivity contribution in [1.82, 2.24) is 0 Å². The molecule has 20 heavy (non-hydrogen) atoms. The number of hydrogen-bond donors (Lipinski definition) is 1. The molecule has 0 amide bonds. The van der Waals surface area contributed by atoms with Crippen LogP contribution in [0.1, 0.15) is 39.0 Å². The lowest BCUT2D eigenvalue weighted by molar-refractivity contribution is -0.135. The van der Waals surface area contributed by atoms with E-state index in [4.69, 9.17) is 11.6 Å². The van der Waals surface area contributed by atoms with E-state index in [2.05, 4.69) is 6.92 Å². The Labute approximate surface area is 125 Å². The summed E-state index contributed by atoms with van der Waals surface area (Å²) in [4.78, 5) is 13.2. The SMILES string of the molecule is CCC1CCCC(N(CC(=O)O)c2cccc(Cl)c2)C1. The summed E-state index contributed by atoms with van der Waals surface area (Å²) in [7, 11) is 0. The number of anilines is 1. The van der Waals surface area contributed by atoms with Crippen LogP contribution in [-0.2, 0) is 4.79 Å². The maximum Gasteiger partial charge on any atom is 0.323 e. The Kier molecular flexibility index (Phi) is 5.30. The van der Waals surface area contributed by atoms with E-state index in [0.717, 1.165) is 18.5 Å². The summed E-state index contributed by atoms with van der Waals surface area (Å²) in [6, 6.07) is 7.82. The molecular formula is C16H22ClNO2. The van der Waals surface area contributed by atoms with Crippen LogP contribution in [0.3, 0.4) is 0 Å². The predicted molar refractivity (Wildman–Crippen MR) is 82.5 cm³/mol. The molecule has 0 saturated heterocycles. The van der Waals surface area contributed by atoms with E-state index >= 15 is 0 Å². The molecule has 0 aliphatic heterocycles. The van der Waals surface area contributed by atoms with Gasteiger partial charge in [0.2, 0.25) is 0 Å². The van der Waals surface area contributed by atoms with Crippen LogP contribution in [0.2, 0.25) is 5.02 Å². The molecular weight excluding hydrogens is 274 g/mol. The van der Waals surface area contributed by atoms with Crippen LogP contribution in [0.15, 0.2) is 24.3 Å². The van der Waals surface area contributed by atoms with Crippen LogP contribution < -0.4 is 4.90 Å². The van der Waals surface area contributed by atoms with Gasteiger partial charge >= 0.3 is 5.97 Å². The van der Waals surface area contributed by atoms with E-state index in [1.165, 1.54) is 19.3 Å². The van der Waals surface area contributed by atoms with Gasteiger partial charge in [0.25, 0.3) is 0 Å². The van der Waals surface area contributed by atoms with Gasteiger partial charge in [0.1, 0.15) is 6.54 Å². The molecule has 1 N–H and O–H groups in total. The average molecular weight is 296 g/mol. The minimum atomic E-state index is -0.788. The van der Waals surface area contributed by atoms with Crippen molar-refractivity contribution in [2.24, 2.45) is 5.92 Å². The number of halogens is 1. The van der Waals surface area contributed by atoms with Gasteiger partial charge < -0.3 is 10.0 Å². The minimum Gasteiger partial charge on any atom is -0.480 e. The number of aliphatic carboxylic acids is 1. The summed E-state index contributed by atoms with van der Waals surface area (Å²) >= 11 is 6.05. The highest BCUT2D eigenvalue weighted by Crippen LogP contribution is 2.32. The number of carboxylic acids is 1. The van der Waals surface area contributed by atoms with Crippen molar-refractivity contribution in [3.63, 3.8) is 0 Å². The number of carboxylic acid groups (broad SMARTS) is 1. The first-order valence-corrected chi connectivity index (χ1v) is 7.72. The average Bonchev–Trinajstić information content (AvgIpc) is 2.44. The standard InChI is InChI=1S/C16H22ClNO2/c1-2-12-5-3-7-14(9-12)18(11-16(19)20)15-8-4-6-13(17)10-15/h4,6,8,10,12,14H,2-3,5,7,9,11H2,1H3,(H,19,20). The van der Waals surface area contributed by atoms with Gasteiger partial charge in [0.15, 0.2) is 0 Å². The highest BCUT2D eigenvalue weighted by molar-refractivity contribution is 6.30. The van der Waals surface area contributed by atoms with Crippen LogP contribution >= 0.6 is 11.6 Å². The van der Waals surface area contributed by atoms with Gasteiger partial charge in [-0.1, -0.05) is 43.9 Å². The van der Waals surface area contributed by atoms with Crippen LogP contribution in [0, 0.1) is 5.92 Å². The van der Waals surface area contributed by atoms with Gasteiger partial charge in [-0.3, -0.25) is 4.79 Å². The van der Waals surface area contributed by atoms with E-state index in [1.807, 2.05) is 29.2 Å². The third kappa shape index (κ3) is 3.89. The van der Waals surface area contributed by atoms with Gasteiger partial charge in [-0.25, -0.2) is 0 Å². The molecule has 1 aromatic rings. The van der Waals surface area contributed by atoms with E-state index in [-0.39, 0.29) is 6.54 Å². The summed E-state index contributed by atoms with van der Waals surface area (Å²) in [6.07, 6.45) is 5.77. The van der Waals surface area contributed by atoms with Crippen molar-refractivity contribution >= 4 is 23.3 Å².